The molecule has 0 aliphatic rings. The number of ether oxygens (including phenoxy) is 3. The average molecular weight is 397 g/mol. The Hall–Kier alpha value is -2.98. The third-order valence-electron chi connectivity index (χ3n) is 4.36. The summed E-state index contributed by atoms with van der Waals surface area (Å²) < 4.78 is 16.8. The molecule has 0 aliphatic heterocycles. The van der Waals surface area contributed by atoms with E-state index in [-0.39, 0.29) is 0 Å². The van der Waals surface area contributed by atoms with Gasteiger partial charge in [0.05, 0.1) is 7.11 Å². The van der Waals surface area contributed by atoms with Crippen molar-refractivity contribution in [3.8, 4) is 11.5 Å². The zero-order valence-electron chi connectivity index (χ0n) is 15.7. The Labute approximate surface area is 169 Å². The lowest BCUT2D eigenvalue weighted by Crippen LogP contribution is -2.39. The van der Waals surface area contributed by atoms with Gasteiger partial charge in [0, 0.05) is 10.6 Å². The Kier molecular flexibility index (Phi) is 6.22. The van der Waals surface area contributed by atoms with Crippen molar-refractivity contribution < 1.29 is 19.0 Å². The molecule has 0 aliphatic carbocycles. The third kappa shape index (κ3) is 4.65. The SMILES string of the molecule is COC(=O)C(C)(Oc1ccc(Cl)cc1)c1ccc(OCc2ccccc2)cc1. The van der Waals surface area contributed by atoms with Gasteiger partial charge in [0.1, 0.15) is 18.1 Å². The van der Waals surface area contributed by atoms with Crippen LogP contribution in [0.3, 0.4) is 0 Å². The second-order valence-electron chi connectivity index (χ2n) is 6.38. The van der Waals surface area contributed by atoms with E-state index in [1.165, 1.54) is 7.11 Å². The molecule has 0 heterocycles. The van der Waals surface area contributed by atoms with Crippen LogP contribution in [-0.4, -0.2) is 13.1 Å². The molecule has 0 spiro atoms. The van der Waals surface area contributed by atoms with Gasteiger partial charge in [-0.05, 0) is 48.9 Å². The fourth-order valence-corrected chi connectivity index (χ4v) is 2.89. The summed E-state index contributed by atoms with van der Waals surface area (Å²) in [6.07, 6.45) is 0. The molecule has 144 valence electrons. The van der Waals surface area contributed by atoms with Crippen molar-refractivity contribution in [2.75, 3.05) is 7.11 Å². The Morgan fingerprint density at radius 1 is 0.893 bits per heavy atom. The minimum absolute atomic E-state index is 0.468. The maximum absolute atomic E-state index is 12.5. The summed E-state index contributed by atoms with van der Waals surface area (Å²) in [6.45, 7) is 2.14. The smallest absolute Gasteiger partial charge is 0.354 e. The van der Waals surface area contributed by atoms with E-state index < -0.39 is 11.6 Å². The molecule has 0 bridgehead atoms. The van der Waals surface area contributed by atoms with E-state index in [0.717, 1.165) is 5.56 Å². The molecule has 4 nitrogen and oxygen atoms in total. The van der Waals surface area contributed by atoms with Gasteiger partial charge < -0.3 is 14.2 Å². The summed E-state index contributed by atoms with van der Waals surface area (Å²) in [5.41, 5.74) is 0.430. The van der Waals surface area contributed by atoms with Gasteiger partial charge in [-0.1, -0.05) is 54.1 Å². The standard InChI is InChI=1S/C23H21ClO4/c1-23(22(25)26-2,28-21-14-10-19(24)11-15-21)18-8-12-20(13-9-18)27-16-17-6-4-3-5-7-17/h3-15H,16H2,1-2H3. The van der Waals surface area contributed by atoms with Gasteiger partial charge >= 0.3 is 5.97 Å². The number of esters is 1. The van der Waals surface area contributed by atoms with Gasteiger partial charge in [0.15, 0.2) is 0 Å². The largest absolute Gasteiger partial charge is 0.489 e. The Morgan fingerprint density at radius 3 is 2.11 bits per heavy atom. The predicted octanol–water partition coefficient (Wildman–Crippen LogP) is 5.39. The minimum atomic E-state index is -1.31. The summed E-state index contributed by atoms with van der Waals surface area (Å²) >= 11 is 5.92. The van der Waals surface area contributed by atoms with Gasteiger partial charge in [-0.3, -0.25) is 0 Å². The van der Waals surface area contributed by atoms with Crippen LogP contribution >= 0.6 is 11.6 Å². The van der Waals surface area contributed by atoms with E-state index in [2.05, 4.69) is 0 Å². The molecular weight excluding hydrogens is 376 g/mol. The molecule has 1 unspecified atom stereocenters. The van der Waals surface area contributed by atoms with E-state index in [1.54, 1.807) is 43.3 Å². The lowest BCUT2D eigenvalue weighted by atomic mass is 9.95. The maximum Gasteiger partial charge on any atom is 0.354 e. The van der Waals surface area contributed by atoms with Gasteiger partial charge in [0.25, 0.3) is 0 Å². The lowest BCUT2D eigenvalue weighted by molar-refractivity contribution is -0.158. The Bertz CT molecular complexity index is 908. The number of carbonyl (C=O) groups is 1. The van der Waals surface area contributed by atoms with Crippen molar-refractivity contribution in [3.63, 3.8) is 0 Å². The molecule has 0 amide bonds. The molecule has 5 heteroatoms. The molecule has 3 rings (SSSR count). The average Bonchev–Trinajstić information content (AvgIpc) is 2.74. The molecule has 0 radical (unpaired) electrons. The van der Waals surface area contributed by atoms with E-state index in [9.17, 15) is 4.79 Å². The van der Waals surface area contributed by atoms with Crippen LogP contribution in [0.4, 0.5) is 0 Å². The van der Waals surface area contributed by atoms with E-state index in [0.29, 0.717) is 28.7 Å². The number of halogens is 1. The van der Waals surface area contributed by atoms with Crippen molar-refractivity contribution in [2.24, 2.45) is 0 Å². The van der Waals surface area contributed by atoms with Crippen molar-refractivity contribution in [1.82, 2.24) is 0 Å². The highest BCUT2D eigenvalue weighted by molar-refractivity contribution is 6.30. The first-order valence-electron chi connectivity index (χ1n) is 8.81. The Balaban J connectivity index is 1.78. The van der Waals surface area contributed by atoms with E-state index in [1.807, 2.05) is 42.5 Å². The topological polar surface area (TPSA) is 44.8 Å². The number of hydrogen-bond donors (Lipinski definition) is 0. The highest BCUT2D eigenvalue weighted by Gasteiger charge is 2.39. The van der Waals surface area contributed by atoms with Crippen molar-refractivity contribution in [1.29, 1.82) is 0 Å². The number of benzene rings is 3. The molecule has 28 heavy (non-hydrogen) atoms. The predicted molar refractivity (Wildman–Crippen MR) is 109 cm³/mol. The van der Waals surface area contributed by atoms with Crippen molar-refractivity contribution >= 4 is 17.6 Å². The fraction of sp³-hybridized carbons (Fsp3) is 0.174. The second-order valence-corrected chi connectivity index (χ2v) is 6.82. The van der Waals surface area contributed by atoms with Crippen LogP contribution in [0.15, 0.2) is 78.9 Å². The normalized spacial score (nSPS) is 12.7. The number of carbonyl (C=O) groups excluding carboxylic acids is 1. The molecule has 0 aromatic heterocycles. The molecule has 0 fully saturated rings. The molecular formula is C23H21ClO4. The highest BCUT2D eigenvalue weighted by atomic mass is 35.5. The van der Waals surface area contributed by atoms with Gasteiger partial charge in [0.2, 0.25) is 5.60 Å². The van der Waals surface area contributed by atoms with Crippen LogP contribution in [0, 0.1) is 0 Å². The second kappa shape index (κ2) is 8.81. The fourth-order valence-electron chi connectivity index (χ4n) is 2.76. The van der Waals surface area contributed by atoms with Crippen LogP contribution in [0.1, 0.15) is 18.1 Å². The number of hydrogen-bond acceptors (Lipinski definition) is 4. The van der Waals surface area contributed by atoms with E-state index >= 15 is 0 Å². The zero-order chi connectivity index (χ0) is 20.0. The lowest BCUT2D eigenvalue weighted by Gasteiger charge is -2.28. The summed E-state index contributed by atoms with van der Waals surface area (Å²) in [7, 11) is 1.34. The molecule has 3 aromatic rings. The summed E-state index contributed by atoms with van der Waals surface area (Å²) in [5.74, 6) is 0.716. The summed E-state index contributed by atoms with van der Waals surface area (Å²) in [6, 6.07) is 24.0. The monoisotopic (exact) mass is 396 g/mol. The van der Waals surface area contributed by atoms with Gasteiger partial charge in [-0.25, -0.2) is 4.79 Å². The van der Waals surface area contributed by atoms with Gasteiger partial charge in [-0.15, -0.1) is 0 Å². The van der Waals surface area contributed by atoms with Crippen molar-refractivity contribution in [2.45, 2.75) is 19.1 Å². The quantitative estimate of drug-likeness (QED) is 0.502. The summed E-state index contributed by atoms with van der Waals surface area (Å²) in [4.78, 5) is 12.5. The zero-order valence-corrected chi connectivity index (χ0v) is 16.5. The first kappa shape index (κ1) is 19.8. The van der Waals surface area contributed by atoms with Crippen molar-refractivity contribution in [3.05, 3.63) is 95.0 Å². The molecule has 0 N–H and O–H groups in total. The number of rotatable bonds is 7. The first-order valence-corrected chi connectivity index (χ1v) is 9.19. The van der Waals surface area contributed by atoms with Crippen LogP contribution < -0.4 is 9.47 Å². The number of methoxy groups -OCH3 is 1. The van der Waals surface area contributed by atoms with E-state index in [4.69, 9.17) is 25.8 Å². The highest BCUT2D eigenvalue weighted by Crippen LogP contribution is 2.31. The van der Waals surface area contributed by atoms with Crippen LogP contribution in [0.5, 0.6) is 11.5 Å². The van der Waals surface area contributed by atoms with Crippen LogP contribution in [0.2, 0.25) is 5.02 Å². The van der Waals surface area contributed by atoms with Crippen LogP contribution in [-0.2, 0) is 21.7 Å². The first-order chi connectivity index (χ1) is 13.5. The minimum Gasteiger partial charge on any atom is -0.489 e. The molecule has 0 saturated heterocycles. The Morgan fingerprint density at radius 2 is 1.50 bits per heavy atom. The van der Waals surface area contributed by atoms with Gasteiger partial charge in [-0.2, -0.15) is 0 Å². The maximum atomic E-state index is 12.5. The molecule has 3 aromatic carbocycles. The third-order valence-corrected chi connectivity index (χ3v) is 4.62. The molecule has 0 saturated carbocycles. The van der Waals surface area contributed by atoms with Crippen LogP contribution in [0.25, 0.3) is 0 Å². The summed E-state index contributed by atoms with van der Waals surface area (Å²) in [5, 5.41) is 0.590. The molecule has 1 atom stereocenters.